The van der Waals surface area contributed by atoms with Crippen LogP contribution in [0.3, 0.4) is 0 Å². The first-order valence-electron chi connectivity index (χ1n) is 9.56. The number of hydrogen-bond donors (Lipinski definition) is 1. The predicted molar refractivity (Wildman–Crippen MR) is 112 cm³/mol. The van der Waals surface area contributed by atoms with Crippen LogP contribution in [0.5, 0.6) is 11.5 Å². The molecule has 3 rings (SSSR count). The van der Waals surface area contributed by atoms with Crippen LogP contribution in [-0.2, 0) is 6.61 Å². The summed E-state index contributed by atoms with van der Waals surface area (Å²) in [4.78, 5) is 12.6. The van der Waals surface area contributed by atoms with Crippen molar-refractivity contribution in [3.63, 3.8) is 0 Å². The number of carbonyl (C=O) groups is 1. The molecule has 28 heavy (non-hydrogen) atoms. The number of benzene rings is 3. The van der Waals surface area contributed by atoms with Gasteiger partial charge in [0.2, 0.25) is 0 Å². The van der Waals surface area contributed by atoms with E-state index in [1.807, 2.05) is 72.8 Å². The molecule has 0 fully saturated rings. The number of para-hydroxylation sites is 1. The lowest BCUT2D eigenvalue weighted by Crippen LogP contribution is -2.14. The molecule has 0 saturated heterocycles. The van der Waals surface area contributed by atoms with Crippen molar-refractivity contribution in [2.45, 2.75) is 26.4 Å². The molecule has 0 radical (unpaired) electrons. The second-order valence-electron chi connectivity index (χ2n) is 6.45. The summed E-state index contributed by atoms with van der Waals surface area (Å²) >= 11 is 0. The Morgan fingerprint density at radius 3 is 2.32 bits per heavy atom. The first-order valence-corrected chi connectivity index (χ1v) is 9.56. The smallest absolute Gasteiger partial charge is 0.259 e. The van der Waals surface area contributed by atoms with E-state index in [-0.39, 0.29) is 5.91 Å². The zero-order valence-electron chi connectivity index (χ0n) is 16.1. The highest BCUT2D eigenvalue weighted by atomic mass is 16.5. The Bertz CT molecular complexity index is 876. The van der Waals surface area contributed by atoms with Crippen LogP contribution in [0.25, 0.3) is 0 Å². The maximum atomic E-state index is 12.6. The number of ether oxygens (including phenoxy) is 2. The van der Waals surface area contributed by atoms with Crippen molar-refractivity contribution in [2.75, 3.05) is 11.9 Å². The zero-order valence-corrected chi connectivity index (χ0v) is 16.1. The van der Waals surface area contributed by atoms with Crippen LogP contribution in [0.1, 0.15) is 35.7 Å². The third-order valence-electron chi connectivity index (χ3n) is 4.25. The largest absolute Gasteiger partial charge is 0.493 e. The molecule has 4 heteroatoms. The molecular weight excluding hydrogens is 350 g/mol. The number of carbonyl (C=O) groups excluding carboxylic acids is 1. The number of hydrogen-bond acceptors (Lipinski definition) is 3. The number of anilines is 1. The van der Waals surface area contributed by atoms with Gasteiger partial charge in [0.25, 0.3) is 5.91 Å². The molecule has 3 aromatic carbocycles. The van der Waals surface area contributed by atoms with E-state index >= 15 is 0 Å². The summed E-state index contributed by atoms with van der Waals surface area (Å²) in [6, 6.07) is 24.7. The van der Waals surface area contributed by atoms with Crippen molar-refractivity contribution in [3.8, 4) is 11.5 Å². The monoisotopic (exact) mass is 375 g/mol. The first kappa shape index (κ1) is 19.5. The molecule has 0 aliphatic rings. The number of rotatable bonds is 9. The Kier molecular flexibility index (Phi) is 7.08. The molecule has 0 aromatic heterocycles. The summed E-state index contributed by atoms with van der Waals surface area (Å²) in [5, 5.41) is 2.92. The molecule has 1 amide bonds. The Morgan fingerprint density at radius 2 is 1.57 bits per heavy atom. The lowest BCUT2D eigenvalue weighted by Gasteiger charge is -2.12. The predicted octanol–water partition coefficient (Wildman–Crippen LogP) is 5.70. The van der Waals surface area contributed by atoms with Crippen molar-refractivity contribution < 1.29 is 14.3 Å². The number of amides is 1. The Morgan fingerprint density at radius 1 is 0.857 bits per heavy atom. The van der Waals surface area contributed by atoms with Crippen LogP contribution in [0.15, 0.2) is 78.9 Å². The van der Waals surface area contributed by atoms with Gasteiger partial charge in [-0.2, -0.15) is 0 Å². The van der Waals surface area contributed by atoms with E-state index in [0.717, 1.165) is 24.2 Å². The maximum absolute atomic E-state index is 12.6. The van der Waals surface area contributed by atoms with Crippen molar-refractivity contribution in [1.82, 2.24) is 0 Å². The highest BCUT2D eigenvalue weighted by Gasteiger charge is 2.12. The molecule has 0 unspecified atom stereocenters. The van der Waals surface area contributed by atoms with Crippen LogP contribution in [0.4, 0.5) is 5.69 Å². The highest BCUT2D eigenvalue weighted by molar-refractivity contribution is 6.06. The van der Waals surface area contributed by atoms with E-state index in [1.165, 1.54) is 0 Å². The second kappa shape index (κ2) is 10.2. The third kappa shape index (κ3) is 5.61. The van der Waals surface area contributed by atoms with Crippen LogP contribution in [0, 0.1) is 0 Å². The second-order valence-corrected chi connectivity index (χ2v) is 6.45. The van der Waals surface area contributed by atoms with Crippen LogP contribution in [-0.4, -0.2) is 12.5 Å². The van der Waals surface area contributed by atoms with Gasteiger partial charge in [0, 0.05) is 5.69 Å². The summed E-state index contributed by atoms with van der Waals surface area (Å²) < 4.78 is 11.5. The molecule has 0 bridgehead atoms. The quantitative estimate of drug-likeness (QED) is 0.488. The van der Waals surface area contributed by atoms with Gasteiger partial charge in [-0.05, 0) is 48.4 Å². The SMILES string of the molecule is CCCCOc1ccccc1C(=O)Nc1ccc(OCc2ccccc2)cc1. The Hall–Kier alpha value is -3.27. The van der Waals surface area contributed by atoms with Crippen molar-refractivity contribution >= 4 is 11.6 Å². The summed E-state index contributed by atoms with van der Waals surface area (Å²) in [6.07, 6.45) is 2.01. The zero-order chi connectivity index (χ0) is 19.6. The van der Waals surface area contributed by atoms with Gasteiger partial charge in [-0.1, -0.05) is 55.8 Å². The number of nitrogens with one attached hydrogen (secondary N) is 1. The molecule has 0 aliphatic carbocycles. The van der Waals surface area contributed by atoms with Crippen LogP contribution in [0.2, 0.25) is 0 Å². The lowest BCUT2D eigenvalue weighted by atomic mass is 10.2. The van der Waals surface area contributed by atoms with E-state index in [1.54, 1.807) is 6.07 Å². The molecule has 0 spiro atoms. The third-order valence-corrected chi connectivity index (χ3v) is 4.25. The van der Waals surface area contributed by atoms with Gasteiger partial charge < -0.3 is 14.8 Å². The van der Waals surface area contributed by atoms with Gasteiger partial charge in [0.15, 0.2) is 0 Å². The van der Waals surface area contributed by atoms with Gasteiger partial charge >= 0.3 is 0 Å². The van der Waals surface area contributed by atoms with Crippen LogP contribution < -0.4 is 14.8 Å². The van der Waals surface area contributed by atoms with Gasteiger partial charge in [-0.15, -0.1) is 0 Å². The normalized spacial score (nSPS) is 10.3. The molecule has 3 aromatic rings. The average molecular weight is 375 g/mol. The Labute approximate surface area is 166 Å². The molecular formula is C24H25NO3. The fraction of sp³-hybridized carbons (Fsp3) is 0.208. The average Bonchev–Trinajstić information content (AvgIpc) is 2.74. The van der Waals surface area contributed by atoms with E-state index in [0.29, 0.717) is 30.2 Å². The number of unbranched alkanes of at least 4 members (excludes halogenated alkanes) is 1. The fourth-order valence-corrected chi connectivity index (χ4v) is 2.68. The van der Waals surface area contributed by atoms with Crippen molar-refractivity contribution in [3.05, 3.63) is 90.0 Å². The molecule has 0 aliphatic heterocycles. The topological polar surface area (TPSA) is 47.6 Å². The minimum atomic E-state index is -0.190. The molecule has 0 saturated carbocycles. The first-order chi connectivity index (χ1) is 13.8. The molecule has 0 atom stereocenters. The van der Waals surface area contributed by atoms with Crippen LogP contribution >= 0.6 is 0 Å². The van der Waals surface area contributed by atoms with Gasteiger partial charge in [0.05, 0.1) is 12.2 Å². The highest BCUT2D eigenvalue weighted by Crippen LogP contribution is 2.22. The summed E-state index contributed by atoms with van der Waals surface area (Å²) in [6.45, 7) is 3.22. The summed E-state index contributed by atoms with van der Waals surface area (Å²) in [7, 11) is 0. The Balaban J connectivity index is 1.59. The molecule has 1 N–H and O–H groups in total. The minimum absolute atomic E-state index is 0.190. The molecule has 144 valence electrons. The van der Waals surface area contributed by atoms with Gasteiger partial charge in [0.1, 0.15) is 18.1 Å². The summed E-state index contributed by atoms with van der Waals surface area (Å²) in [5.41, 5.74) is 2.35. The minimum Gasteiger partial charge on any atom is -0.493 e. The summed E-state index contributed by atoms with van der Waals surface area (Å²) in [5.74, 6) is 1.17. The standard InChI is InChI=1S/C24H25NO3/c1-2-3-17-27-23-12-8-7-11-22(23)24(26)25-20-13-15-21(16-14-20)28-18-19-9-5-4-6-10-19/h4-16H,2-3,17-18H2,1H3,(H,25,26). The van der Waals surface area contributed by atoms with Gasteiger partial charge in [-0.25, -0.2) is 0 Å². The van der Waals surface area contributed by atoms with Crippen molar-refractivity contribution in [1.29, 1.82) is 0 Å². The van der Waals surface area contributed by atoms with E-state index in [2.05, 4.69) is 12.2 Å². The van der Waals surface area contributed by atoms with E-state index in [4.69, 9.17) is 9.47 Å². The molecule has 0 heterocycles. The van der Waals surface area contributed by atoms with Gasteiger partial charge in [-0.3, -0.25) is 4.79 Å². The fourth-order valence-electron chi connectivity index (χ4n) is 2.68. The van der Waals surface area contributed by atoms with E-state index < -0.39 is 0 Å². The molecule has 4 nitrogen and oxygen atoms in total. The van der Waals surface area contributed by atoms with E-state index in [9.17, 15) is 4.79 Å². The van der Waals surface area contributed by atoms with Crippen molar-refractivity contribution in [2.24, 2.45) is 0 Å². The maximum Gasteiger partial charge on any atom is 0.259 e. The lowest BCUT2D eigenvalue weighted by molar-refractivity contribution is 0.102.